The van der Waals surface area contributed by atoms with E-state index in [2.05, 4.69) is 4.74 Å². The smallest absolute Gasteiger partial charge is 0.340 e. The molecule has 5 heteroatoms. The molecule has 0 N–H and O–H groups in total. The molecule has 0 aliphatic rings. The van der Waals surface area contributed by atoms with Crippen LogP contribution in [0.2, 0.25) is 0 Å². The summed E-state index contributed by atoms with van der Waals surface area (Å²) in [6, 6.07) is 4.55. The van der Waals surface area contributed by atoms with Gasteiger partial charge in [0.15, 0.2) is 5.82 Å². The zero-order chi connectivity index (χ0) is 12.3. The summed E-state index contributed by atoms with van der Waals surface area (Å²) in [5.41, 5.74) is 0.0326. The second-order valence-electron chi connectivity index (χ2n) is 3.32. The largest absolute Gasteiger partial charge is 0.465 e. The number of halogens is 1. The number of carbonyl (C=O) groups excluding carboxylic acids is 1. The maximum atomic E-state index is 13.8. The maximum Gasteiger partial charge on any atom is 0.340 e. The van der Waals surface area contributed by atoms with Crippen molar-refractivity contribution in [2.45, 2.75) is 0 Å². The van der Waals surface area contributed by atoms with E-state index in [-0.39, 0.29) is 11.1 Å². The molecule has 0 aliphatic heterocycles. The Labute approximate surface area is 92.8 Å². The topological polar surface area (TPSA) is 53.3 Å². The lowest BCUT2D eigenvalue weighted by atomic mass is 10.1. The molecule has 0 fully saturated rings. The summed E-state index contributed by atoms with van der Waals surface area (Å²) in [6.07, 6.45) is 0. The summed E-state index contributed by atoms with van der Waals surface area (Å²) < 4.78 is 18.2. The van der Waals surface area contributed by atoms with E-state index in [1.165, 1.54) is 12.1 Å². The molecule has 0 spiro atoms. The molecule has 0 heterocycles. The Bertz CT molecular complexity index is 464. The Kier molecular flexibility index (Phi) is 3.46. The van der Waals surface area contributed by atoms with E-state index in [0.717, 1.165) is 7.11 Å². The number of nitriles is 1. The first kappa shape index (κ1) is 12.0. The molecular formula is C11H11FN2O2. The SMILES string of the molecule is COC(=O)c1ccc(N(C)C)c(C#N)c1F. The lowest BCUT2D eigenvalue weighted by molar-refractivity contribution is 0.0595. The highest BCUT2D eigenvalue weighted by atomic mass is 19.1. The summed E-state index contributed by atoms with van der Waals surface area (Å²) in [5, 5.41) is 8.86. The van der Waals surface area contributed by atoms with Crippen LogP contribution in [0, 0.1) is 17.1 Å². The summed E-state index contributed by atoms with van der Waals surface area (Å²) in [6.45, 7) is 0. The van der Waals surface area contributed by atoms with Crippen LogP contribution in [-0.2, 0) is 4.74 Å². The first-order chi connectivity index (χ1) is 7.52. The average molecular weight is 222 g/mol. The van der Waals surface area contributed by atoms with Crippen LogP contribution in [-0.4, -0.2) is 27.2 Å². The minimum absolute atomic E-state index is 0.159. The van der Waals surface area contributed by atoms with Gasteiger partial charge in [-0.05, 0) is 12.1 Å². The molecule has 0 bridgehead atoms. The van der Waals surface area contributed by atoms with Gasteiger partial charge in [0.1, 0.15) is 11.6 Å². The van der Waals surface area contributed by atoms with Crippen molar-refractivity contribution in [1.29, 1.82) is 5.26 Å². The maximum absolute atomic E-state index is 13.8. The van der Waals surface area contributed by atoms with E-state index in [1.54, 1.807) is 25.1 Å². The molecule has 0 unspecified atom stereocenters. The van der Waals surface area contributed by atoms with Gasteiger partial charge in [-0.15, -0.1) is 0 Å². The molecule has 0 saturated carbocycles. The molecule has 1 aromatic rings. The first-order valence-corrected chi connectivity index (χ1v) is 4.51. The third-order valence-corrected chi connectivity index (χ3v) is 2.12. The molecule has 16 heavy (non-hydrogen) atoms. The van der Waals surface area contributed by atoms with Crippen LogP contribution < -0.4 is 4.90 Å². The predicted molar refractivity (Wildman–Crippen MR) is 56.8 cm³/mol. The van der Waals surface area contributed by atoms with Gasteiger partial charge >= 0.3 is 5.97 Å². The van der Waals surface area contributed by atoms with E-state index >= 15 is 0 Å². The Morgan fingerprint density at radius 2 is 2.12 bits per heavy atom. The highest BCUT2D eigenvalue weighted by molar-refractivity contribution is 5.91. The van der Waals surface area contributed by atoms with Gasteiger partial charge in [-0.1, -0.05) is 0 Å². The number of hydrogen-bond donors (Lipinski definition) is 0. The number of methoxy groups -OCH3 is 1. The van der Waals surface area contributed by atoms with Gasteiger partial charge in [-0.25, -0.2) is 9.18 Å². The quantitative estimate of drug-likeness (QED) is 0.712. The van der Waals surface area contributed by atoms with Crippen molar-refractivity contribution < 1.29 is 13.9 Å². The van der Waals surface area contributed by atoms with Crippen molar-refractivity contribution in [3.8, 4) is 6.07 Å². The highest BCUT2D eigenvalue weighted by Gasteiger charge is 2.19. The molecule has 0 aromatic heterocycles. The number of esters is 1. The van der Waals surface area contributed by atoms with Crippen molar-refractivity contribution in [1.82, 2.24) is 0 Å². The number of anilines is 1. The number of rotatable bonds is 2. The fourth-order valence-electron chi connectivity index (χ4n) is 1.31. The van der Waals surface area contributed by atoms with Crippen molar-refractivity contribution >= 4 is 11.7 Å². The van der Waals surface area contributed by atoms with E-state index < -0.39 is 11.8 Å². The number of hydrogen-bond acceptors (Lipinski definition) is 4. The van der Waals surface area contributed by atoms with Crippen molar-refractivity contribution in [3.05, 3.63) is 29.1 Å². The summed E-state index contributed by atoms with van der Waals surface area (Å²) >= 11 is 0. The predicted octanol–water partition coefficient (Wildman–Crippen LogP) is 1.55. The second-order valence-corrected chi connectivity index (χ2v) is 3.32. The molecule has 0 atom stereocenters. The number of ether oxygens (including phenoxy) is 1. The van der Waals surface area contributed by atoms with E-state index in [4.69, 9.17) is 5.26 Å². The Balaban J connectivity index is 3.42. The first-order valence-electron chi connectivity index (χ1n) is 4.51. The minimum atomic E-state index is -0.847. The highest BCUT2D eigenvalue weighted by Crippen LogP contribution is 2.24. The monoisotopic (exact) mass is 222 g/mol. The second kappa shape index (κ2) is 4.62. The number of nitrogens with zero attached hydrogens (tertiary/aromatic N) is 2. The van der Waals surface area contributed by atoms with Gasteiger partial charge in [-0.3, -0.25) is 0 Å². The van der Waals surface area contributed by atoms with Gasteiger partial charge in [0.25, 0.3) is 0 Å². The van der Waals surface area contributed by atoms with E-state index in [9.17, 15) is 9.18 Å². The lowest BCUT2D eigenvalue weighted by Crippen LogP contribution is -2.14. The van der Waals surface area contributed by atoms with Crippen molar-refractivity contribution in [3.63, 3.8) is 0 Å². The summed E-state index contributed by atoms with van der Waals surface area (Å²) in [5.74, 6) is -1.64. The fraction of sp³-hybridized carbons (Fsp3) is 0.273. The van der Waals surface area contributed by atoms with Crippen molar-refractivity contribution in [2.24, 2.45) is 0 Å². The fourth-order valence-corrected chi connectivity index (χ4v) is 1.31. The van der Waals surface area contributed by atoms with Crippen LogP contribution >= 0.6 is 0 Å². The molecule has 0 radical (unpaired) electrons. The standard InChI is InChI=1S/C11H11FN2O2/c1-14(2)9-5-4-7(11(15)16-3)10(12)8(9)6-13/h4-5H,1-3H3. The Hall–Kier alpha value is -2.09. The van der Waals surface area contributed by atoms with Gasteiger partial charge in [0, 0.05) is 14.1 Å². The number of carbonyl (C=O) groups is 1. The molecule has 4 nitrogen and oxygen atoms in total. The zero-order valence-electron chi connectivity index (χ0n) is 9.24. The van der Waals surface area contributed by atoms with Gasteiger partial charge in [0.2, 0.25) is 0 Å². The van der Waals surface area contributed by atoms with E-state index in [0.29, 0.717) is 5.69 Å². The molecule has 0 amide bonds. The minimum Gasteiger partial charge on any atom is -0.465 e. The molecule has 1 aromatic carbocycles. The zero-order valence-corrected chi connectivity index (χ0v) is 9.24. The molecule has 1 rings (SSSR count). The Morgan fingerprint density at radius 3 is 2.56 bits per heavy atom. The molecule has 0 aliphatic carbocycles. The number of benzene rings is 1. The summed E-state index contributed by atoms with van der Waals surface area (Å²) in [7, 11) is 4.54. The van der Waals surface area contributed by atoms with Gasteiger partial charge in [0.05, 0.1) is 18.4 Å². The molecule has 84 valence electrons. The van der Waals surface area contributed by atoms with Crippen LogP contribution in [0.5, 0.6) is 0 Å². The molecule has 0 saturated heterocycles. The third-order valence-electron chi connectivity index (χ3n) is 2.12. The molecular weight excluding hydrogens is 211 g/mol. The van der Waals surface area contributed by atoms with Crippen LogP contribution in [0.15, 0.2) is 12.1 Å². The summed E-state index contributed by atoms with van der Waals surface area (Å²) in [4.78, 5) is 12.8. The van der Waals surface area contributed by atoms with Crippen LogP contribution in [0.1, 0.15) is 15.9 Å². The van der Waals surface area contributed by atoms with Gasteiger partial charge in [-0.2, -0.15) is 5.26 Å². The van der Waals surface area contributed by atoms with Crippen LogP contribution in [0.3, 0.4) is 0 Å². The third kappa shape index (κ3) is 1.96. The van der Waals surface area contributed by atoms with Gasteiger partial charge < -0.3 is 9.64 Å². The van der Waals surface area contributed by atoms with Crippen molar-refractivity contribution in [2.75, 3.05) is 26.1 Å². The Morgan fingerprint density at radius 1 is 1.50 bits per heavy atom. The van der Waals surface area contributed by atoms with Crippen LogP contribution in [0.25, 0.3) is 0 Å². The van der Waals surface area contributed by atoms with E-state index in [1.807, 2.05) is 0 Å². The average Bonchev–Trinajstić information content (AvgIpc) is 2.27. The van der Waals surface area contributed by atoms with Crippen LogP contribution in [0.4, 0.5) is 10.1 Å². The normalized spacial score (nSPS) is 9.44. The lowest BCUT2D eigenvalue weighted by Gasteiger charge is -2.15.